The van der Waals surface area contributed by atoms with Gasteiger partial charge in [0.2, 0.25) is 0 Å². The minimum Gasteiger partial charge on any atom is -0.494 e. The van der Waals surface area contributed by atoms with Crippen molar-refractivity contribution in [2.24, 2.45) is 0 Å². The fourth-order valence-electron chi connectivity index (χ4n) is 2.81. The lowest BCUT2D eigenvalue weighted by atomic mass is 10.2. The summed E-state index contributed by atoms with van der Waals surface area (Å²) in [6.45, 7) is 0. The van der Waals surface area contributed by atoms with Crippen molar-refractivity contribution in [3.8, 4) is 5.75 Å². The highest BCUT2D eigenvalue weighted by atomic mass is 35.5. The van der Waals surface area contributed by atoms with Crippen molar-refractivity contribution in [3.63, 3.8) is 0 Å². The molecule has 2 aromatic carbocycles. The predicted octanol–water partition coefficient (Wildman–Crippen LogP) is 5.66. The van der Waals surface area contributed by atoms with Crippen molar-refractivity contribution >= 4 is 56.2 Å². The molecular formula is C21H15ClN2O4S. The second kappa shape index (κ2) is 7.98. The summed E-state index contributed by atoms with van der Waals surface area (Å²) in [5, 5.41) is 6.81. The minimum atomic E-state index is -0.401. The van der Waals surface area contributed by atoms with Gasteiger partial charge in [-0.2, -0.15) is 0 Å². The number of ether oxygens (including phenoxy) is 1. The first kappa shape index (κ1) is 19.0. The quantitative estimate of drug-likeness (QED) is 0.431. The molecule has 0 spiro atoms. The van der Waals surface area contributed by atoms with Crippen LogP contribution in [0.5, 0.6) is 5.75 Å². The zero-order valence-corrected chi connectivity index (χ0v) is 16.8. The largest absolute Gasteiger partial charge is 0.494 e. The van der Waals surface area contributed by atoms with E-state index in [-0.39, 0.29) is 11.7 Å². The SMILES string of the molecule is COc1cc(NC(=O)c2sc3ccccc3c2Cl)ccc1NC(=O)c1ccco1. The normalized spacial score (nSPS) is 10.7. The van der Waals surface area contributed by atoms with Crippen LogP contribution in [-0.2, 0) is 0 Å². The maximum atomic E-state index is 12.7. The summed E-state index contributed by atoms with van der Waals surface area (Å²) < 4.78 is 11.4. The zero-order chi connectivity index (χ0) is 20.4. The van der Waals surface area contributed by atoms with Gasteiger partial charge in [0.05, 0.1) is 24.1 Å². The number of anilines is 2. The minimum absolute atomic E-state index is 0.184. The van der Waals surface area contributed by atoms with Gasteiger partial charge in [-0.1, -0.05) is 29.8 Å². The number of rotatable bonds is 5. The van der Waals surface area contributed by atoms with Crippen LogP contribution >= 0.6 is 22.9 Å². The van der Waals surface area contributed by atoms with Gasteiger partial charge in [0, 0.05) is 21.8 Å². The van der Waals surface area contributed by atoms with Gasteiger partial charge >= 0.3 is 0 Å². The predicted molar refractivity (Wildman–Crippen MR) is 114 cm³/mol. The Morgan fingerprint density at radius 3 is 2.59 bits per heavy atom. The van der Waals surface area contributed by atoms with Crippen LogP contribution < -0.4 is 15.4 Å². The molecule has 8 heteroatoms. The molecule has 0 radical (unpaired) electrons. The number of amides is 2. The van der Waals surface area contributed by atoms with Crippen LogP contribution in [0.2, 0.25) is 5.02 Å². The molecule has 0 fully saturated rings. The van der Waals surface area contributed by atoms with E-state index < -0.39 is 5.91 Å². The lowest BCUT2D eigenvalue weighted by molar-refractivity contribution is 0.0994. The second-order valence-electron chi connectivity index (χ2n) is 6.04. The van der Waals surface area contributed by atoms with Crippen LogP contribution in [0.3, 0.4) is 0 Å². The molecule has 0 aliphatic heterocycles. The van der Waals surface area contributed by atoms with Crippen molar-refractivity contribution in [2.75, 3.05) is 17.7 Å². The number of fused-ring (bicyclic) bond motifs is 1. The Kier molecular flexibility index (Phi) is 5.24. The summed E-state index contributed by atoms with van der Waals surface area (Å²) in [4.78, 5) is 25.3. The van der Waals surface area contributed by atoms with Crippen LogP contribution in [0, 0.1) is 0 Å². The summed E-state index contributed by atoms with van der Waals surface area (Å²) >= 11 is 7.71. The summed E-state index contributed by atoms with van der Waals surface area (Å²) in [5.74, 6) is -0.137. The van der Waals surface area contributed by atoms with Gasteiger partial charge < -0.3 is 19.8 Å². The second-order valence-corrected chi connectivity index (χ2v) is 7.47. The van der Waals surface area contributed by atoms with E-state index >= 15 is 0 Å². The Morgan fingerprint density at radius 1 is 1.03 bits per heavy atom. The van der Waals surface area contributed by atoms with Crippen LogP contribution in [0.1, 0.15) is 20.2 Å². The Labute approximate surface area is 175 Å². The molecule has 2 amide bonds. The van der Waals surface area contributed by atoms with Crippen molar-refractivity contribution < 1.29 is 18.7 Å². The van der Waals surface area contributed by atoms with Crippen molar-refractivity contribution in [1.29, 1.82) is 0 Å². The monoisotopic (exact) mass is 426 g/mol. The first-order chi connectivity index (χ1) is 14.1. The molecule has 146 valence electrons. The van der Waals surface area contributed by atoms with Crippen molar-refractivity contribution in [2.45, 2.75) is 0 Å². The number of halogens is 1. The third-order valence-corrected chi connectivity index (χ3v) is 5.87. The number of hydrogen-bond acceptors (Lipinski definition) is 5. The lowest BCUT2D eigenvalue weighted by Crippen LogP contribution is -2.13. The molecule has 4 rings (SSSR count). The molecule has 0 atom stereocenters. The van der Waals surface area contributed by atoms with Crippen molar-refractivity contribution in [1.82, 2.24) is 0 Å². The Bertz CT molecular complexity index is 1200. The van der Waals surface area contributed by atoms with Gasteiger partial charge in [-0.25, -0.2) is 0 Å². The van der Waals surface area contributed by atoms with Crippen LogP contribution in [0.4, 0.5) is 11.4 Å². The highest BCUT2D eigenvalue weighted by Crippen LogP contribution is 2.36. The highest BCUT2D eigenvalue weighted by molar-refractivity contribution is 7.21. The fraction of sp³-hybridized carbons (Fsp3) is 0.0476. The van der Waals surface area contributed by atoms with Crippen LogP contribution in [0.25, 0.3) is 10.1 Å². The average Bonchev–Trinajstić information content (AvgIpc) is 3.38. The molecule has 2 heterocycles. The molecule has 6 nitrogen and oxygen atoms in total. The number of carbonyl (C=O) groups is 2. The first-order valence-electron chi connectivity index (χ1n) is 8.58. The average molecular weight is 427 g/mol. The molecule has 0 aliphatic rings. The zero-order valence-electron chi connectivity index (χ0n) is 15.2. The van der Waals surface area contributed by atoms with E-state index in [0.717, 1.165) is 10.1 Å². The van der Waals surface area contributed by atoms with Gasteiger partial charge in [0.1, 0.15) is 10.6 Å². The molecule has 4 aromatic rings. The van der Waals surface area contributed by atoms with Crippen molar-refractivity contribution in [3.05, 3.63) is 76.5 Å². The molecule has 0 bridgehead atoms. The Hall–Kier alpha value is -3.29. The summed E-state index contributed by atoms with van der Waals surface area (Å²) in [5.41, 5.74) is 0.961. The van der Waals surface area contributed by atoms with Crippen LogP contribution in [0.15, 0.2) is 65.3 Å². The van der Waals surface area contributed by atoms with Gasteiger partial charge in [-0.3, -0.25) is 9.59 Å². The highest BCUT2D eigenvalue weighted by Gasteiger charge is 2.18. The number of benzene rings is 2. The van der Waals surface area contributed by atoms with E-state index in [1.165, 1.54) is 24.7 Å². The number of methoxy groups -OCH3 is 1. The molecule has 0 saturated carbocycles. The third-order valence-electron chi connectivity index (χ3n) is 4.19. The molecule has 0 saturated heterocycles. The Morgan fingerprint density at radius 2 is 1.86 bits per heavy atom. The molecule has 29 heavy (non-hydrogen) atoms. The molecular weight excluding hydrogens is 412 g/mol. The molecule has 2 N–H and O–H groups in total. The van der Waals surface area contributed by atoms with E-state index in [9.17, 15) is 9.59 Å². The number of thiophene rings is 1. The Balaban J connectivity index is 1.55. The third kappa shape index (κ3) is 3.83. The summed E-state index contributed by atoms with van der Waals surface area (Å²) in [7, 11) is 1.48. The van der Waals surface area contributed by atoms with Gasteiger partial charge in [0.25, 0.3) is 11.8 Å². The smallest absolute Gasteiger partial charge is 0.291 e. The first-order valence-corrected chi connectivity index (χ1v) is 9.77. The summed E-state index contributed by atoms with van der Waals surface area (Å²) in [6, 6.07) is 15.7. The topological polar surface area (TPSA) is 80.6 Å². The van der Waals surface area contributed by atoms with E-state index in [1.54, 1.807) is 30.3 Å². The van der Waals surface area contributed by atoms with E-state index in [1.807, 2.05) is 24.3 Å². The fourth-order valence-corrected chi connectivity index (χ4v) is 4.22. The lowest BCUT2D eigenvalue weighted by Gasteiger charge is -2.12. The van der Waals surface area contributed by atoms with Gasteiger partial charge in [-0.15, -0.1) is 11.3 Å². The molecule has 0 aliphatic carbocycles. The number of nitrogens with one attached hydrogen (secondary N) is 2. The van der Waals surface area contributed by atoms with E-state index in [4.69, 9.17) is 20.8 Å². The van der Waals surface area contributed by atoms with Gasteiger partial charge in [-0.05, 0) is 30.3 Å². The molecule has 0 unspecified atom stereocenters. The number of carbonyl (C=O) groups excluding carboxylic acids is 2. The van der Waals surface area contributed by atoms with E-state index in [0.29, 0.717) is 27.0 Å². The van der Waals surface area contributed by atoms with Crippen LogP contribution in [-0.4, -0.2) is 18.9 Å². The number of furan rings is 1. The van der Waals surface area contributed by atoms with E-state index in [2.05, 4.69) is 10.6 Å². The molecule has 2 aromatic heterocycles. The maximum Gasteiger partial charge on any atom is 0.291 e. The number of hydrogen-bond donors (Lipinski definition) is 2. The summed E-state index contributed by atoms with van der Waals surface area (Å²) in [6.07, 6.45) is 1.42. The maximum absolute atomic E-state index is 12.7. The standard InChI is InChI=1S/C21H15ClN2O4S/c1-27-16-11-12(8-9-14(16)24-20(25)15-6-4-10-28-15)23-21(26)19-18(22)13-5-2-3-7-17(13)29-19/h2-11H,1H3,(H,23,26)(H,24,25). The van der Waals surface area contributed by atoms with Gasteiger partial charge in [0.15, 0.2) is 5.76 Å².